The maximum atomic E-state index is 12.0. The quantitative estimate of drug-likeness (QED) is 0.632. The van der Waals surface area contributed by atoms with Gasteiger partial charge >= 0.3 is 7.60 Å². The zero-order valence-corrected chi connectivity index (χ0v) is 12.2. The SMILES string of the molecule is CCOP(=O)(CC(=O)COC(C)(C)C)OCC. The van der Waals surface area contributed by atoms with Gasteiger partial charge in [-0.05, 0) is 34.6 Å². The van der Waals surface area contributed by atoms with E-state index >= 15 is 0 Å². The van der Waals surface area contributed by atoms with Gasteiger partial charge < -0.3 is 13.8 Å². The molecule has 5 nitrogen and oxygen atoms in total. The molecule has 0 fully saturated rings. The lowest BCUT2D eigenvalue weighted by atomic mass is 10.2. The number of hydrogen-bond acceptors (Lipinski definition) is 5. The van der Waals surface area contributed by atoms with Crippen LogP contribution in [0.2, 0.25) is 0 Å². The molecule has 6 heteroatoms. The Morgan fingerprint density at radius 2 is 1.59 bits per heavy atom. The summed E-state index contributed by atoms with van der Waals surface area (Å²) in [6, 6.07) is 0. The number of Topliss-reactive ketones (excluding diaryl/α,β-unsaturated/α-hetero) is 1. The molecule has 0 rings (SSSR count). The predicted molar refractivity (Wildman–Crippen MR) is 66.4 cm³/mol. The van der Waals surface area contributed by atoms with E-state index in [1.807, 2.05) is 20.8 Å². The lowest BCUT2D eigenvalue weighted by Crippen LogP contribution is -2.25. The van der Waals surface area contributed by atoms with Crippen LogP contribution in [0.15, 0.2) is 0 Å². The molecular weight excluding hydrogens is 243 g/mol. The first-order valence-electron chi connectivity index (χ1n) is 5.76. The second kappa shape index (κ2) is 7.27. The van der Waals surface area contributed by atoms with Gasteiger partial charge in [-0.25, -0.2) is 0 Å². The van der Waals surface area contributed by atoms with Crippen LogP contribution in [0.25, 0.3) is 0 Å². The number of carbonyl (C=O) groups is 1. The fourth-order valence-electron chi connectivity index (χ4n) is 1.08. The van der Waals surface area contributed by atoms with Gasteiger partial charge in [-0.3, -0.25) is 9.36 Å². The molecule has 102 valence electrons. The van der Waals surface area contributed by atoms with Crippen molar-refractivity contribution in [1.29, 1.82) is 0 Å². The summed E-state index contributed by atoms with van der Waals surface area (Å²) < 4.78 is 27.4. The third-order valence-corrected chi connectivity index (χ3v) is 3.73. The molecule has 0 atom stereocenters. The van der Waals surface area contributed by atoms with Crippen LogP contribution in [-0.4, -0.2) is 37.4 Å². The number of rotatable bonds is 8. The Hall–Kier alpha value is -0.220. The molecule has 0 saturated carbocycles. The van der Waals surface area contributed by atoms with Crippen LogP contribution in [0.4, 0.5) is 0 Å². The number of ketones is 1. The average molecular weight is 266 g/mol. The molecule has 0 aliphatic rings. The van der Waals surface area contributed by atoms with Gasteiger partial charge in [0, 0.05) is 0 Å². The molecule has 0 amide bonds. The van der Waals surface area contributed by atoms with Crippen molar-refractivity contribution in [2.75, 3.05) is 26.0 Å². The van der Waals surface area contributed by atoms with Crippen molar-refractivity contribution in [3.63, 3.8) is 0 Å². The van der Waals surface area contributed by atoms with Crippen molar-refractivity contribution in [2.45, 2.75) is 40.2 Å². The molecule has 0 spiro atoms. The van der Waals surface area contributed by atoms with Crippen LogP contribution >= 0.6 is 7.60 Å². The highest BCUT2D eigenvalue weighted by Gasteiger charge is 2.28. The van der Waals surface area contributed by atoms with E-state index in [4.69, 9.17) is 13.8 Å². The lowest BCUT2D eigenvalue weighted by Gasteiger charge is -2.20. The Bertz CT molecular complexity index is 272. The van der Waals surface area contributed by atoms with Crippen LogP contribution in [0.3, 0.4) is 0 Å². The Labute approximate surface area is 103 Å². The van der Waals surface area contributed by atoms with Gasteiger partial charge in [0.25, 0.3) is 0 Å². The summed E-state index contributed by atoms with van der Waals surface area (Å²) in [7, 11) is -3.29. The number of carbonyl (C=O) groups excluding carboxylic acids is 1. The molecule has 0 saturated heterocycles. The Morgan fingerprint density at radius 3 is 1.94 bits per heavy atom. The van der Waals surface area contributed by atoms with Gasteiger partial charge in [-0.15, -0.1) is 0 Å². The third-order valence-electron chi connectivity index (χ3n) is 1.69. The van der Waals surface area contributed by atoms with Gasteiger partial charge in [-0.1, -0.05) is 0 Å². The van der Waals surface area contributed by atoms with E-state index in [0.29, 0.717) is 0 Å². The fraction of sp³-hybridized carbons (Fsp3) is 0.909. The molecule has 0 aromatic carbocycles. The molecule has 0 aliphatic heterocycles. The summed E-state index contributed by atoms with van der Waals surface area (Å²) in [4.78, 5) is 11.6. The first-order chi connectivity index (χ1) is 7.72. The minimum atomic E-state index is -3.29. The topological polar surface area (TPSA) is 61.8 Å². The summed E-state index contributed by atoms with van der Waals surface area (Å²) >= 11 is 0. The summed E-state index contributed by atoms with van der Waals surface area (Å²) in [6.07, 6.45) is -0.231. The third kappa shape index (κ3) is 8.50. The molecule has 0 aromatic heterocycles. The number of ether oxygens (including phenoxy) is 1. The summed E-state index contributed by atoms with van der Waals surface area (Å²) in [6.45, 7) is 9.41. The molecule has 0 aromatic rings. The highest BCUT2D eigenvalue weighted by Crippen LogP contribution is 2.47. The van der Waals surface area contributed by atoms with E-state index in [1.165, 1.54) is 0 Å². The molecular formula is C11H23O5P. The standard InChI is InChI=1S/C11H23O5P/c1-6-15-17(13,16-7-2)9-10(12)8-14-11(3,4)5/h6-9H2,1-5H3. The van der Waals surface area contributed by atoms with Crippen molar-refractivity contribution in [2.24, 2.45) is 0 Å². The zero-order chi connectivity index (χ0) is 13.5. The second-order valence-electron chi connectivity index (χ2n) is 4.54. The average Bonchev–Trinajstić information content (AvgIpc) is 2.14. The second-order valence-corrected chi connectivity index (χ2v) is 6.60. The number of hydrogen-bond donors (Lipinski definition) is 0. The first kappa shape index (κ1) is 16.8. The van der Waals surface area contributed by atoms with Crippen molar-refractivity contribution in [3.05, 3.63) is 0 Å². The van der Waals surface area contributed by atoms with Crippen molar-refractivity contribution >= 4 is 13.4 Å². The molecule has 0 N–H and O–H groups in total. The van der Waals surface area contributed by atoms with E-state index in [9.17, 15) is 9.36 Å². The van der Waals surface area contributed by atoms with Crippen LogP contribution in [0.1, 0.15) is 34.6 Å². The molecule has 17 heavy (non-hydrogen) atoms. The van der Waals surface area contributed by atoms with Crippen LogP contribution in [0, 0.1) is 0 Å². The van der Waals surface area contributed by atoms with Gasteiger partial charge in [-0.2, -0.15) is 0 Å². The first-order valence-corrected chi connectivity index (χ1v) is 7.49. The molecule has 0 aliphatic carbocycles. The van der Waals surface area contributed by atoms with Crippen LogP contribution in [-0.2, 0) is 23.1 Å². The van der Waals surface area contributed by atoms with E-state index < -0.39 is 13.2 Å². The van der Waals surface area contributed by atoms with E-state index in [1.54, 1.807) is 13.8 Å². The fourth-order valence-corrected chi connectivity index (χ4v) is 2.65. The molecule has 0 radical (unpaired) electrons. The van der Waals surface area contributed by atoms with Crippen molar-refractivity contribution in [3.8, 4) is 0 Å². The maximum absolute atomic E-state index is 12.0. The van der Waals surface area contributed by atoms with Crippen molar-refractivity contribution in [1.82, 2.24) is 0 Å². The van der Waals surface area contributed by atoms with E-state index in [2.05, 4.69) is 0 Å². The highest BCUT2D eigenvalue weighted by atomic mass is 31.2. The lowest BCUT2D eigenvalue weighted by molar-refractivity contribution is -0.126. The Balaban J connectivity index is 4.27. The largest absolute Gasteiger partial charge is 0.368 e. The highest BCUT2D eigenvalue weighted by molar-refractivity contribution is 7.54. The zero-order valence-electron chi connectivity index (χ0n) is 11.3. The summed E-state index contributed by atoms with van der Waals surface area (Å²) in [5.74, 6) is -0.273. The minimum Gasteiger partial charge on any atom is -0.368 e. The van der Waals surface area contributed by atoms with Gasteiger partial charge in [0.2, 0.25) is 0 Å². The normalized spacial score (nSPS) is 12.8. The molecule has 0 unspecified atom stereocenters. The van der Waals surface area contributed by atoms with Gasteiger partial charge in [0.05, 0.1) is 18.8 Å². The monoisotopic (exact) mass is 266 g/mol. The van der Waals surface area contributed by atoms with Gasteiger partial charge in [0.1, 0.15) is 12.8 Å². The van der Waals surface area contributed by atoms with E-state index in [0.717, 1.165) is 0 Å². The summed E-state index contributed by atoms with van der Waals surface area (Å²) in [5.41, 5.74) is -0.392. The van der Waals surface area contributed by atoms with Gasteiger partial charge in [0.15, 0.2) is 5.78 Å². The molecule has 0 heterocycles. The summed E-state index contributed by atoms with van der Waals surface area (Å²) in [5, 5.41) is 0. The van der Waals surface area contributed by atoms with E-state index in [-0.39, 0.29) is 31.8 Å². The van der Waals surface area contributed by atoms with Crippen LogP contribution < -0.4 is 0 Å². The van der Waals surface area contributed by atoms with Crippen LogP contribution in [0.5, 0.6) is 0 Å². The maximum Gasteiger partial charge on any atom is 0.338 e. The Kier molecular flexibility index (Phi) is 7.17. The van der Waals surface area contributed by atoms with Crippen molar-refractivity contribution < 1.29 is 23.1 Å². The Morgan fingerprint density at radius 1 is 1.12 bits per heavy atom. The minimum absolute atomic E-state index is 0.0758. The molecule has 0 bridgehead atoms. The predicted octanol–water partition coefficient (Wildman–Crippen LogP) is 2.64. The smallest absolute Gasteiger partial charge is 0.338 e.